The number of likely N-dealkylation sites (N-methyl/N-ethyl adjacent to an activating group) is 1. The number of phenols is 1. The third-order valence-electron chi connectivity index (χ3n) is 3.92. The smallest absolute Gasteiger partial charge is 0.204 e. The number of hydrogen-bond acceptors (Lipinski definition) is 5. The van der Waals surface area contributed by atoms with Crippen LogP contribution in [0, 0.1) is 0 Å². The van der Waals surface area contributed by atoms with Crippen LogP contribution < -0.4 is 0 Å². The third-order valence-corrected chi connectivity index (χ3v) is 5.79. The molecular weight excluding hydrogens is 276 g/mol. The maximum absolute atomic E-state index is 12.5. The zero-order valence-corrected chi connectivity index (χ0v) is 12.2. The van der Waals surface area contributed by atoms with Gasteiger partial charge in [0.15, 0.2) is 0 Å². The summed E-state index contributed by atoms with van der Waals surface area (Å²) in [7, 11) is -1.36. The molecule has 6 heteroatoms. The van der Waals surface area contributed by atoms with Gasteiger partial charge in [-0.05, 0) is 36.9 Å². The molecule has 0 aliphatic carbocycles. The summed E-state index contributed by atoms with van der Waals surface area (Å²) in [5.74, 6) is -0.0124. The number of hydrogen-bond donors (Lipinski definition) is 1. The van der Waals surface area contributed by atoms with Gasteiger partial charge in [-0.25, -0.2) is 8.42 Å². The van der Waals surface area contributed by atoms with Gasteiger partial charge in [-0.3, -0.25) is 4.90 Å². The van der Waals surface area contributed by atoms with Gasteiger partial charge in [0.2, 0.25) is 9.84 Å². The van der Waals surface area contributed by atoms with E-state index >= 15 is 0 Å². The molecule has 0 atom stereocenters. The van der Waals surface area contributed by atoms with Gasteiger partial charge in [0, 0.05) is 32.7 Å². The van der Waals surface area contributed by atoms with Crippen molar-refractivity contribution in [3.63, 3.8) is 0 Å². The number of sulfone groups is 1. The summed E-state index contributed by atoms with van der Waals surface area (Å²) in [5, 5.41) is 9.46. The quantitative estimate of drug-likeness (QED) is 0.873. The molecule has 1 aromatic carbocycles. The van der Waals surface area contributed by atoms with Crippen LogP contribution in [0.4, 0.5) is 0 Å². The fraction of sp³-hybridized carbons (Fsp3) is 0.429. The van der Waals surface area contributed by atoms with E-state index in [9.17, 15) is 13.5 Å². The van der Waals surface area contributed by atoms with Crippen molar-refractivity contribution < 1.29 is 13.5 Å². The van der Waals surface area contributed by atoms with Gasteiger partial charge >= 0.3 is 0 Å². The van der Waals surface area contributed by atoms with E-state index in [0.29, 0.717) is 17.0 Å². The topological polar surface area (TPSA) is 60.9 Å². The molecule has 1 fully saturated rings. The highest BCUT2D eigenvalue weighted by molar-refractivity contribution is 7.95. The molecule has 5 nitrogen and oxygen atoms in total. The number of benzene rings is 1. The van der Waals surface area contributed by atoms with Crippen LogP contribution in [0.5, 0.6) is 5.75 Å². The molecule has 1 saturated heterocycles. The lowest BCUT2D eigenvalue weighted by Crippen LogP contribution is -2.45. The molecule has 0 radical (unpaired) electrons. The molecule has 3 rings (SSSR count). The summed E-state index contributed by atoms with van der Waals surface area (Å²) < 4.78 is 24.9. The maximum atomic E-state index is 12.5. The van der Waals surface area contributed by atoms with E-state index in [1.165, 1.54) is 12.1 Å². The van der Waals surface area contributed by atoms with Gasteiger partial charge < -0.3 is 10.0 Å². The van der Waals surface area contributed by atoms with E-state index in [4.69, 9.17) is 0 Å². The largest absolute Gasteiger partial charge is 0.508 e. The molecule has 1 aromatic rings. The van der Waals surface area contributed by atoms with Crippen molar-refractivity contribution in [3.8, 4) is 5.75 Å². The minimum Gasteiger partial charge on any atom is -0.508 e. The molecule has 0 spiro atoms. The summed E-state index contributed by atoms with van der Waals surface area (Å²) >= 11 is 0. The first kappa shape index (κ1) is 13.6. The standard InChI is InChI=1S/C14H18N2O3S/c1-15-4-6-16(7-5-15)10-13-8-11-2-3-12(17)9-14(11)20(13,18)19/h2-3,8-9,17H,4-7,10H2,1H3. The van der Waals surface area contributed by atoms with Crippen molar-refractivity contribution in [1.82, 2.24) is 9.80 Å². The number of aromatic hydroxyl groups is 1. The molecule has 0 aromatic heterocycles. The van der Waals surface area contributed by atoms with Crippen molar-refractivity contribution in [2.45, 2.75) is 4.90 Å². The Bertz CT molecular complexity index is 659. The van der Waals surface area contributed by atoms with Gasteiger partial charge in [-0.2, -0.15) is 0 Å². The first-order chi connectivity index (χ1) is 9.46. The van der Waals surface area contributed by atoms with Gasteiger partial charge in [-0.1, -0.05) is 0 Å². The molecule has 2 aliphatic heterocycles. The summed E-state index contributed by atoms with van der Waals surface area (Å²) in [6.07, 6.45) is 1.72. The van der Waals surface area contributed by atoms with Crippen LogP contribution in [-0.4, -0.2) is 63.1 Å². The van der Waals surface area contributed by atoms with Crippen LogP contribution in [-0.2, 0) is 9.84 Å². The molecule has 0 unspecified atom stereocenters. The number of phenolic OH excluding ortho intramolecular Hbond substituents is 1. The zero-order valence-electron chi connectivity index (χ0n) is 11.4. The zero-order chi connectivity index (χ0) is 14.3. The lowest BCUT2D eigenvalue weighted by molar-refractivity contribution is 0.166. The SMILES string of the molecule is CN1CCN(CC2=Cc3ccc(O)cc3S2(=O)=O)CC1. The Hall–Kier alpha value is -1.37. The summed E-state index contributed by atoms with van der Waals surface area (Å²) in [4.78, 5) is 5.06. The van der Waals surface area contributed by atoms with Crippen LogP contribution in [0.3, 0.4) is 0 Å². The van der Waals surface area contributed by atoms with E-state index < -0.39 is 9.84 Å². The van der Waals surface area contributed by atoms with Gasteiger partial charge in [0.25, 0.3) is 0 Å². The van der Waals surface area contributed by atoms with Crippen LogP contribution in [0.2, 0.25) is 0 Å². The van der Waals surface area contributed by atoms with Crippen molar-refractivity contribution in [2.75, 3.05) is 39.8 Å². The Kier molecular flexibility index (Phi) is 3.32. The average Bonchev–Trinajstić information content (AvgIpc) is 2.65. The highest BCUT2D eigenvalue weighted by atomic mass is 32.2. The van der Waals surface area contributed by atoms with Crippen LogP contribution in [0.1, 0.15) is 5.56 Å². The van der Waals surface area contributed by atoms with Gasteiger partial charge in [0.1, 0.15) is 5.75 Å². The van der Waals surface area contributed by atoms with E-state index in [0.717, 1.165) is 26.2 Å². The van der Waals surface area contributed by atoms with Crippen LogP contribution in [0.25, 0.3) is 6.08 Å². The van der Waals surface area contributed by atoms with E-state index in [1.54, 1.807) is 12.1 Å². The van der Waals surface area contributed by atoms with Gasteiger partial charge in [-0.15, -0.1) is 0 Å². The number of piperazine rings is 1. The third kappa shape index (κ3) is 2.34. The molecular formula is C14H18N2O3S. The molecule has 1 N–H and O–H groups in total. The first-order valence-corrected chi connectivity index (χ1v) is 8.15. The van der Waals surface area contributed by atoms with Crippen molar-refractivity contribution in [1.29, 1.82) is 0 Å². The number of nitrogens with zero attached hydrogens (tertiary/aromatic N) is 2. The average molecular weight is 294 g/mol. The monoisotopic (exact) mass is 294 g/mol. The maximum Gasteiger partial charge on any atom is 0.204 e. The minimum atomic E-state index is -3.44. The molecule has 108 valence electrons. The van der Waals surface area contributed by atoms with E-state index in [-0.39, 0.29) is 10.6 Å². The normalized spacial score (nSPS) is 22.6. The number of rotatable bonds is 2. The van der Waals surface area contributed by atoms with Gasteiger partial charge in [0.05, 0.1) is 9.80 Å². The predicted molar refractivity (Wildman–Crippen MR) is 77.2 cm³/mol. The van der Waals surface area contributed by atoms with E-state index in [2.05, 4.69) is 16.8 Å². The lowest BCUT2D eigenvalue weighted by Gasteiger charge is -2.32. The Balaban J connectivity index is 1.83. The van der Waals surface area contributed by atoms with Crippen LogP contribution >= 0.6 is 0 Å². The molecule has 2 heterocycles. The first-order valence-electron chi connectivity index (χ1n) is 6.66. The molecule has 0 saturated carbocycles. The fourth-order valence-corrected chi connectivity index (χ4v) is 4.25. The summed E-state index contributed by atoms with van der Waals surface area (Å²) in [6.45, 7) is 4.13. The second-order valence-corrected chi connectivity index (χ2v) is 7.39. The fourth-order valence-electron chi connectivity index (χ4n) is 2.62. The van der Waals surface area contributed by atoms with Crippen molar-refractivity contribution in [3.05, 3.63) is 28.7 Å². The van der Waals surface area contributed by atoms with Crippen LogP contribution in [0.15, 0.2) is 28.0 Å². The van der Waals surface area contributed by atoms with E-state index in [1.807, 2.05) is 0 Å². The second-order valence-electron chi connectivity index (χ2n) is 5.42. The molecule has 0 amide bonds. The minimum absolute atomic E-state index is 0.0124. The highest BCUT2D eigenvalue weighted by Crippen LogP contribution is 2.35. The second kappa shape index (κ2) is 4.87. The Morgan fingerprint density at radius 3 is 2.60 bits per heavy atom. The predicted octanol–water partition coefficient (Wildman–Crippen LogP) is 0.768. The molecule has 20 heavy (non-hydrogen) atoms. The van der Waals surface area contributed by atoms with Crippen molar-refractivity contribution in [2.24, 2.45) is 0 Å². The lowest BCUT2D eigenvalue weighted by atomic mass is 10.2. The highest BCUT2D eigenvalue weighted by Gasteiger charge is 2.31. The Morgan fingerprint density at radius 2 is 1.90 bits per heavy atom. The number of fused-ring (bicyclic) bond motifs is 1. The Morgan fingerprint density at radius 1 is 1.20 bits per heavy atom. The Labute approximate surface area is 119 Å². The summed E-state index contributed by atoms with van der Waals surface area (Å²) in [5.41, 5.74) is 0.673. The summed E-state index contributed by atoms with van der Waals surface area (Å²) in [6, 6.07) is 4.50. The molecule has 0 bridgehead atoms. The molecule has 2 aliphatic rings. The van der Waals surface area contributed by atoms with Crippen molar-refractivity contribution >= 4 is 15.9 Å².